The number of benzene rings is 1. The van der Waals surface area contributed by atoms with Gasteiger partial charge in [0.15, 0.2) is 11.5 Å². The Hall–Kier alpha value is -5.35. The highest BCUT2D eigenvalue weighted by Gasteiger charge is 2.24. The second-order valence-corrected chi connectivity index (χ2v) is 10.5. The van der Waals surface area contributed by atoms with Gasteiger partial charge < -0.3 is 16.0 Å². The molecular formula is C29H28N10O2S. The van der Waals surface area contributed by atoms with E-state index in [1.165, 1.54) is 15.9 Å². The molecule has 42 heavy (non-hydrogen) atoms. The maximum absolute atomic E-state index is 14.1. The van der Waals surface area contributed by atoms with E-state index < -0.39 is 11.9 Å². The summed E-state index contributed by atoms with van der Waals surface area (Å²) in [6.07, 6.45) is 8.73. The zero-order valence-electron chi connectivity index (χ0n) is 22.1. The summed E-state index contributed by atoms with van der Waals surface area (Å²) < 4.78 is 3.02. The summed E-state index contributed by atoms with van der Waals surface area (Å²) in [5.41, 5.74) is 8.19. The van der Waals surface area contributed by atoms with Crippen LogP contribution in [-0.2, 0) is 13.0 Å². The van der Waals surface area contributed by atoms with Crippen LogP contribution in [0.4, 0.5) is 5.82 Å². The molecule has 5 aromatic heterocycles. The molecule has 12 nitrogen and oxygen atoms in total. The van der Waals surface area contributed by atoms with Gasteiger partial charge in [0.1, 0.15) is 11.4 Å². The lowest BCUT2D eigenvalue weighted by Gasteiger charge is -2.20. The minimum Gasteiger partial charge on any atom is -0.381 e. The first-order valence-electron chi connectivity index (χ1n) is 12.7. The minimum absolute atomic E-state index is 0. The fourth-order valence-electron chi connectivity index (χ4n) is 4.59. The highest BCUT2D eigenvalue weighted by Crippen LogP contribution is 2.21. The van der Waals surface area contributed by atoms with Crippen molar-refractivity contribution in [1.82, 2.24) is 44.4 Å². The fourth-order valence-corrected chi connectivity index (χ4v) is 5.22. The van der Waals surface area contributed by atoms with Crippen LogP contribution in [0, 0.1) is 18.8 Å². The number of thiazole rings is 1. The number of hydrogen-bond donors (Lipinski definition) is 3. The lowest BCUT2D eigenvalue weighted by Crippen LogP contribution is -2.34. The number of aromatic nitrogens is 8. The second-order valence-electron chi connectivity index (χ2n) is 9.29. The number of anilines is 1. The molecule has 0 aliphatic rings. The van der Waals surface area contributed by atoms with Gasteiger partial charge in [-0.3, -0.25) is 14.2 Å². The molecule has 0 radical (unpaired) electrons. The molecule has 212 valence electrons. The molecule has 1 atom stereocenters. The van der Waals surface area contributed by atoms with E-state index in [1.807, 2.05) is 13.0 Å². The number of aryl methyl sites for hydroxylation is 2. The molecule has 0 aliphatic carbocycles. The summed E-state index contributed by atoms with van der Waals surface area (Å²) in [5, 5.41) is 8.42. The third-order valence-electron chi connectivity index (χ3n) is 6.50. The number of H-pyrrole nitrogens is 1. The van der Waals surface area contributed by atoms with Crippen LogP contribution >= 0.6 is 11.3 Å². The first kappa shape index (κ1) is 28.2. The maximum Gasteiger partial charge on any atom is 0.262 e. The van der Waals surface area contributed by atoms with Crippen molar-refractivity contribution in [2.24, 2.45) is 0 Å². The van der Waals surface area contributed by atoms with Gasteiger partial charge in [0.25, 0.3) is 11.5 Å². The van der Waals surface area contributed by atoms with E-state index >= 15 is 0 Å². The quantitative estimate of drug-likeness (QED) is 0.253. The molecule has 0 aliphatic heterocycles. The van der Waals surface area contributed by atoms with Gasteiger partial charge in [0.05, 0.1) is 39.4 Å². The summed E-state index contributed by atoms with van der Waals surface area (Å²) in [7, 11) is 0. The van der Waals surface area contributed by atoms with Gasteiger partial charge in [-0.15, -0.1) is 16.4 Å². The topological polar surface area (TPSA) is 162 Å². The maximum atomic E-state index is 14.1. The number of aromatic amines is 1. The lowest BCUT2D eigenvalue weighted by atomic mass is 10.1. The number of rotatable bonds is 6. The lowest BCUT2D eigenvalue weighted by molar-refractivity contribution is 0.0939. The predicted molar refractivity (Wildman–Crippen MR) is 161 cm³/mol. The van der Waals surface area contributed by atoms with Gasteiger partial charge in [-0.25, -0.2) is 24.5 Å². The number of amides is 1. The molecule has 4 N–H and O–H groups in total. The fraction of sp³-hybridized carbons (Fsp3) is 0.207. The number of hydrogen-bond acceptors (Lipinski definition) is 9. The van der Waals surface area contributed by atoms with Crippen molar-refractivity contribution in [2.75, 3.05) is 5.73 Å². The van der Waals surface area contributed by atoms with Crippen molar-refractivity contribution < 1.29 is 4.79 Å². The smallest absolute Gasteiger partial charge is 0.262 e. The third kappa shape index (κ3) is 5.35. The summed E-state index contributed by atoms with van der Waals surface area (Å²) in [4.78, 5) is 48.7. The summed E-state index contributed by atoms with van der Waals surface area (Å²) in [6, 6.07) is 6.41. The van der Waals surface area contributed by atoms with Gasteiger partial charge in [-0.05, 0) is 38.0 Å². The molecular weight excluding hydrogens is 552 g/mol. The zero-order valence-corrected chi connectivity index (χ0v) is 22.9. The van der Waals surface area contributed by atoms with Crippen LogP contribution < -0.4 is 16.6 Å². The van der Waals surface area contributed by atoms with Crippen LogP contribution in [0.25, 0.3) is 16.6 Å². The number of nitrogens with one attached hydrogen (secondary N) is 2. The van der Waals surface area contributed by atoms with E-state index in [2.05, 4.69) is 42.2 Å². The first-order chi connectivity index (χ1) is 19.9. The van der Waals surface area contributed by atoms with Crippen molar-refractivity contribution in [3.05, 3.63) is 98.3 Å². The molecule has 6 aromatic rings. The zero-order chi connectivity index (χ0) is 28.5. The Kier molecular flexibility index (Phi) is 7.81. The minimum atomic E-state index is -0.658. The number of fused-ring (bicyclic) bond motifs is 2. The van der Waals surface area contributed by atoms with Crippen LogP contribution in [0.2, 0.25) is 0 Å². The SMILES string of the molecule is C.Cc1ncc(C#Cc2cccc3nc([C@H](C)NC(=O)c4c(N)nn5cccnc45)n(CCc4cnc[nH]4)c(=O)c23)s1. The Labute approximate surface area is 244 Å². The van der Waals surface area contributed by atoms with Crippen molar-refractivity contribution in [2.45, 2.75) is 40.3 Å². The standard InChI is InChI=1S/C28H24N10O2S.CH4/c1-16(34-27(39)23-24(29)36-38-11-4-10-31-26(23)38)25-35-21-6-3-5-18(7-8-20-14-32-17(2)41-20)22(21)28(40)37(25)12-9-19-13-30-15-33-19;/h3-6,10-11,13-16H,9,12H2,1-2H3,(H2,29,36)(H,30,33)(H,34,39);1H4/t16-;/m0./s1. The Morgan fingerprint density at radius 2 is 2.07 bits per heavy atom. The molecule has 13 heteroatoms. The van der Waals surface area contributed by atoms with Crippen molar-refractivity contribution in [3.8, 4) is 11.8 Å². The molecule has 0 saturated heterocycles. The van der Waals surface area contributed by atoms with E-state index in [-0.39, 0.29) is 24.4 Å². The van der Waals surface area contributed by atoms with Gasteiger partial charge in [0.2, 0.25) is 0 Å². The van der Waals surface area contributed by atoms with Crippen molar-refractivity contribution >= 4 is 39.6 Å². The number of carbonyl (C=O) groups is 1. The summed E-state index contributed by atoms with van der Waals surface area (Å²) in [6.45, 7) is 3.98. The highest BCUT2D eigenvalue weighted by atomic mass is 32.1. The van der Waals surface area contributed by atoms with E-state index in [0.29, 0.717) is 40.9 Å². The molecule has 5 heterocycles. The molecule has 1 amide bonds. The summed E-state index contributed by atoms with van der Waals surface area (Å²) in [5.74, 6) is 6.20. The molecule has 0 fully saturated rings. The largest absolute Gasteiger partial charge is 0.381 e. The average molecular weight is 581 g/mol. The van der Waals surface area contributed by atoms with Crippen molar-refractivity contribution in [1.29, 1.82) is 0 Å². The molecule has 0 bridgehead atoms. The van der Waals surface area contributed by atoms with Crippen LogP contribution in [0.3, 0.4) is 0 Å². The molecule has 0 saturated carbocycles. The third-order valence-corrected chi connectivity index (χ3v) is 7.33. The predicted octanol–water partition coefficient (Wildman–Crippen LogP) is 3.28. The molecule has 0 unspecified atom stereocenters. The number of nitrogen functional groups attached to an aromatic ring is 1. The van der Waals surface area contributed by atoms with Gasteiger partial charge in [-0.2, -0.15) is 0 Å². The Morgan fingerprint density at radius 3 is 2.83 bits per heavy atom. The van der Waals surface area contributed by atoms with Crippen LogP contribution in [-0.4, -0.2) is 45.0 Å². The highest BCUT2D eigenvalue weighted by molar-refractivity contribution is 7.12. The van der Waals surface area contributed by atoms with Crippen molar-refractivity contribution in [3.63, 3.8) is 0 Å². The second kappa shape index (κ2) is 11.6. The number of nitrogens with two attached hydrogens (primary N) is 1. The van der Waals surface area contributed by atoms with Gasteiger partial charge >= 0.3 is 0 Å². The molecule has 0 spiro atoms. The average Bonchev–Trinajstić information content (AvgIpc) is 3.70. The number of imidazole rings is 1. The Morgan fingerprint density at radius 1 is 1.21 bits per heavy atom. The molecule has 1 aromatic carbocycles. The van der Waals surface area contributed by atoms with Crippen LogP contribution in [0.1, 0.15) is 57.7 Å². The monoisotopic (exact) mass is 580 g/mol. The van der Waals surface area contributed by atoms with E-state index in [9.17, 15) is 9.59 Å². The first-order valence-corrected chi connectivity index (χ1v) is 13.6. The normalized spacial score (nSPS) is 11.6. The number of nitrogens with zero attached hydrogens (tertiary/aromatic N) is 7. The Balaban J connectivity index is 0.00000353. The van der Waals surface area contributed by atoms with E-state index in [1.54, 1.807) is 60.8 Å². The van der Waals surface area contributed by atoms with E-state index in [4.69, 9.17) is 10.7 Å². The Bertz CT molecular complexity index is 2030. The van der Waals surface area contributed by atoms with Gasteiger partial charge in [-0.1, -0.05) is 19.4 Å². The number of carbonyl (C=O) groups excluding carboxylic acids is 1. The van der Waals surface area contributed by atoms with Crippen LogP contribution in [0.5, 0.6) is 0 Å². The molecule has 6 rings (SSSR count). The summed E-state index contributed by atoms with van der Waals surface area (Å²) >= 11 is 1.49. The van der Waals surface area contributed by atoms with Crippen LogP contribution in [0.15, 0.2) is 60.2 Å². The van der Waals surface area contributed by atoms with E-state index in [0.717, 1.165) is 15.6 Å². The van der Waals surface area contributed by atoms with Gasteiger partial charge in [0, 0.05) is 42.8 Å².